The number of anilines is 1. The number of hydrogen-bond donors (Lipinski definition) is 0. The third kappa shape index (κ3) is 4.94. The number of nitrogens with zero attached hydrogens (tertiary/aromatic N) is 4. The number of carbonyl (C=O) groups is 1. The summed E-state index contributed by atoms with van der Waals surface area (Å²) in [4.78, 5) is 34.1. The monoisotopic (exact) mass is 418 g/mol. The van der Waals surface area contributed by atoms with Crippen molar-refractivity contribution in [3.8, 4) is 11.6 Å². The average molecular weight is 418 g/mol. The highest BCUT2D eigenvalue weighted by Gasteiger charge is 2.33. The lowest BCUT2D eigenvalue weighted by molar-refractivity contribution is -0.385. The van der Waals surface area contributed by atoms with Gasteiger partial charge < -0.3 is 14.4 Å². The highest BCUT2D eigenvalue weighted by Crippen LogP contribution is 2.37. The van der Waals surface area contributed by atoms with Gasteiger partial charge in [0.15, 0.2) is 0 Å². The van der Waals surface area contributed by atoms with E-state index in [1.165, 1.54) is 6.33 Å². The molecule has 0 unspecified atom stereocenters. The number of ether oxygens (including phenoxy) is 2. The Kier molecular flexibility index (Phi) is 6.86. The average Bonchev–Trinajstić information content (AvgIpc) is 2.74. The summed E-state index contributed by atoms with van der Waals surface area (Å²) in [5, 5.41) is 11.8. The van der Waals surface area contributed by atoms with Gasteiger partial charge in [0.1, 0.15) is 12.1 Å². The summed E-state index contributed by atoms with van der Waals surface area (Å²) < 4.78 is 10.8. The van der Waals surface area contributed by atoms with Crippen molar-refractivity contribution in [3.63, 3.8) is 0 Å². The van der Waals surface area contributed by atoms with Crippen LogP contribution >= 0.6 is 11.8 Å². The van der Waals surface area contributed by atoms with Gasteiger partial charge in [-0.05, 0) is 50.3 Å². The van der Waals surface area contributed by atoms with Gasteiger partial charge >= 0.3 is 17.5 Å². The zero-order valence-corrected chi connectivity index (χ0v) is 17.1. The molecule has 2 heterocycles. The van der Waals surface area contributed by atoms with Crippen molar-refractivity contribution >= 4 is 29.2 Å². The van der Waals surface area contributed by atoms with Crippen LogP contribution in [0.3, 0.4) is 0 Å². The fourth-order valence-electron chi connectivity index (χ4n) is 3.16. The Morgan fingerprint density at radius 1 is 1.28 bits per heavy atom. The molecule has 154 valence electrons. The van der Waals surface area contributed by atoms with Gasteiger partial charge in [-0.15, -0.1) is 11.8 Å². The lowest BCUT2D eigenvalue weighted by Gasteiger charge is -2.31. The van der Waals surface area contributed by atoms with Gasteiger partial charge in [0.2, 0.25) is 5.82 Å². The van der Waals surface area contributed by atoms with Crippen LogP contribution < -0.4 is 9.64 Å². The summed E-state index contributed by atoms with van der Waals surface area (Å²) in [5.74, 6) is 0.129. The molecule has 2 aromatic rings. The molecule has 0 amide bonds. The van der Waals surface area contributed by atoms with E-state index in [1.54, 1.807) is 35.7 Å². The molecule has 0 aliphatic carbocycles. The van der Waals surface area contributed by atoms with E-state index in [9.17, 15) is 14.9 Å². The summed E-state index contributed by atoms with van der Waals surface area (Å²) in [6.07, 6.45) is 4.31. The standard InChI is InChI=1S/C19H22N4O5S/c1-3-27-19(24)13-8-10-22(11-9-13)17-16(23(25)26)18(21-12-20-17)28-14-4-6-15(29-2)7-5-14/h4-7,12-13H,3,8-11H2,1-2H3. The molecule has 0 bridgehead atoms. The maximum absolute atomic E-state index is 11.9. The highest BCUT2D eigenvalue weighted by molar-refractivity contribution is 7.98. The molecule has 10 heteroatoms. The molecule has 3 rings (SSSR count). The van der Waals surface area contributed by atoms with Crippen LogP contribution in [0.5, 0.6) is 11.6 Å². The second kappa shape index (κ2) is 9.55. The van der Waals surface area contributed by atoms with E-state index >= 15 is 0 Å². The number of benzene rings is 1. The van der Waals surface area contributed by atoms with Crippen molar-refractivity contribution in [1.29, 1.82) is 0 Å². The second-order valence-corrected chi connectivity index (χ2v) is 7.28. The SMILES string of the molecule is CCOC(=O)C1CCN(c2ncnc(Oc3ccc(SC)cc3)c2[N+](=O)[O-])CC1. The summed E-state index contributed by atoms with van der Waals surface area (Å²) >= 11 is 1.59. The van der Waals surface area contributed by atoms with Crippen LogP contribution in [0.15, 0.2) is 35.5 Å². The lowest BCUT2D eigenvalue weighted by Crippen LogP contribution is -2.37. The first-order chi connectivity index (χ1) is 14.0. The smallest absolute Gasteiger partial charge is 0.373 e. The molecule has 1 aliphatic rings. The maximum Gasteiger partial charge on any atom is 0.373 e. The van der Waals surface area contributed by atoms with E-state index in [-0.39, 0.29) is 29.3 Å². The van der Waals surface area contributed by atoms with Crippen LogP contribution in [0.4, 0.5) is 11.5 Å². The third-order valence-electron chi connectivity index (χ3n) is 4.64. The molecule has 0 saturated carbocycles. The van der Waals surface area contributed by atoms with Crippen molar-refractivity contribution in [2.75, 3.05) is 30.9 Å². The Balaban J connectivity index is 1.80. The van der Waals surface area contributed by atoms with Crippen LogP contribution in [-0.4, -0.2) is 46.8 Å². The zero-order valence-electron chi connectivity index (χ0n) is 16.2. The number of aromatic nitrogens is 2. The van der Waals surface area contributed by atoms with Crippen molar-refractivity contribution in [3.05, 3.63) is 40.7 Å². The van der Waals surface area contributed by atoms with Gasteiger partial charge in [-0.3, -0.25) is 14.9 Å². The fraction of sp³-hybridized carbons (Fsp3) is 0.421. The summed E-state index contributed by atoms with van der Waals surface area (Å²) in [5.41, 5.74) is -0.281. The van der Waals surface area contributed by atoms with Gasteiger partial charge in [-0.25, -0.2) is 4.98 Å². The first-order valence-corrected chi connectivity index (χ1v) is 10.5. The molecular weight excluding hydrogens is 396 g/mol. The lowest BCUT2D eigenvalue weighted by atomic mass is 9.97. The number of piperidine rings is 1. The predicted molar refractivity (Wildman–Crippen MR) is 109 cm³/mol. The van der Waals surface area contributed by atoms with E-state index < -0.39 is 4.92 Å². The summed E-state index contributed by atoms with van der Waals surface area (Å²) in [7, 11) is 0. The number of esters is 1. The van der Waals surface area contributed by atoms with E-state index in [4.69, 9.17) is 9.47 Å². The zero-order chi connectivity index (χ0) is 20.8. The Hall–Kier alpha value is -2.88. The molecule has 0 atom stereocenters. The molecule has 0 N–H and O–H groups in total. The Bertz CT molecular complexity index is 869. The largest absolute Gasteiger partial charge is 0.466 e. The Morgan fingerprint density at radius 2 is 1.97 bits per heavy atom. The van der Waals surface area contributed by atoms with Crippen LogP contribution in [0.2, 0.25) is 0 Å². The maximum atomic E-state index is 11.9. The summed E-state index contributed by atoms with van der Waals surface area (Å²) in [6, 6.07) is 7.21. The van der Waals surface area contributed by atoms with Crippen LogP contribution in [-0.2, 0) is 9.53 Å². The third-order valence-corrected chi connectivity index (χ3v) is 5.38. The minimum absolute atomic E-state index is 0.107. The molecule has 1 fully saturated rings. The Morgan fingerprint density at radius 3 is 2.55 bits per heavy atom. The second-order valence-electron chi connectivity index (χ2n) is 6.40. The highest BCUT2D eigenvalue weighted by atomic mass is 32.2. The normalized spacial score (nSPS) is 14.5. The topological polar surface area (TPSA) is 108 Å². The molecule has 29 heavy (non-hydrogen) atoms. The van der Waals surface area contributed by atoms with Gasteiger partial charge in [-0.2, -0.15) is 4.98 Å². The number of carbonyl (C=O) groups excluding carboxylic acids is 1. The molecule has 0 spiro atoms. The van der Waals surface area contributed by atoms with E-state index in [1.807, 2.05) is 18.4 Å². The number of nitro groups is 1. The van der Waals surface area contributed by atoms with E-state index in [0.29, 0.717) is 38.3 Å². The molecular formula is C19H22N4O5S. The molecule has 0 radical (unpaired) electrons. The van der Waals surface area contributed by atoms with Crippen molar-refractivity contribution in [2.45, 2.75) is 24.7 Å². The van der Waals surface area contributed by atoms with Crippen molar-refractivity contribution in [1.82, 2.24) is 9.97 Å². The number of rotatable bonds is 7. The molecule has 9 nitrogen and oxygen atoms in total. The predicted octanol–water partition coefficient (Wildman–Crippen LogP) is 3.68. The Labute approximate surface area is 172 Å². The van der Waals surface area contributed by atoms with Gasteiger partial charge in [0, 0.05) is 18.0 Å². The van der Waals surface area contributed by atoms with Gasteiger partial charge in [0.05, 0.1) is 17.4 Å². The van der Waals surface area contributed by atoms with E-state index in [2.05, 4.69) is 9.97 Å². The minimum atomic E-state index is -0.529. The summed E-state index contributed by atoms with van der Waals surface area (Å²) in [6.45, 7) is 3.04. The first kappa shape index (κ1) is 20.8. The fourth-order valence-corrected chi connectivity index (χ4v) is 3.57. The molecule has 1 aromatic heterocycles. The van der Waals surface area contributed by atoms with Crippen molar-refractivity contribution in [2.24, 2.45) is 5.92 Å². The van der Waals surface area contributed by atoms with Crippen LogP contribution in [0.25, 0.3) is 0 Å². The van der Waals surface area contributed by atoms with Crippen molar-refractivity contribution < 1.29 is 19.2 Å². The van der Waals surface area contributed by atoms with Crippen LogP contribution in [0.1, 0.15) is 19.8 Å². The first-order valence-electron chi connectivity index (χ1n) is 9.26. The van der Waals surface area contributed by atoms with E-state index in [0.717, 1.165) is 4.90 Å². The van der Waals surface area contributed by atoms with Gasteiger partial charge in [-0.1, -0.05) is 0 Å². The van der Waals surface area contributed by atoms with Crippen LogP contribution in [0, 0.1) is 16.0 Å². The molecule has 1 saturated heterocycles. The van der Waals surface area contributed by atoms with Gasteiger partial charge in [0.25, 0.3) is 0 Å². The number of thioether (sulfide) groups is 1. The molecule has 1 aliphatic heterocycles. The minimum Gasteiger partial charge on any atom is -0.466 e. The quantitative estimate of drug-likeness (QED) is 0.288. The number of hydrogen-bond acceptors (Lipinski definition) is 9. The molecule has 1 aromatic carbocycles.